The number of hydrogen-bond acceptors (Lipinski definition) is 5. The Kier molecular flexibility index (Phi) is 4.73. The molecule has 1 aliphatic carbocycles. The van der Waals surface area contributed by atoms with E-state index in [1.165, 1.54) is 12.8 Å². The molecule has 0 spiro atoms. The number of nitrogens with zero attached hydrogens (tertiary/aromatic N) is 2. The number of thiophene rings is 1. The van der Waals surface area contributed by atoms with Crippen molar-refractivity contribution in [1.29, 1.82) is 0 Å². The molecule has 0 radical (unpaired) electrons. The van der Waals surface area contributed by atoms with Crippen molar-refractivity contribution in [3.8, 4) is 11.5 Å². The molecule has 0 unspecified atom stereocenters. The van der Waals surface area contributed by atoms with Crippen LogP contribution in [0.2, 0.25) is 0 Å². The monoisotopic (exact) mass is 306 g/mol. The molecule has 1 N–H and O–H groups in total. The smallest absolute Gasteiger partial charge is 0.227 e. The van der Waals surface area contributed by atoms with Crippen molar-refractivity contribution in [2.45, 2.75) is 45.2 Å². The Bertz CT molecular complexity index is 561. The van der Waals surface area contributed by atoms with Crippen LogP contribution in [-0.2, 0) is 6.54 Å². The van der Waals surface area contributed by atoms with E-state index in [0.717, 1.165) is 48.8 Å². The second-order valence-electron chi connectivity index (χ2n) is 5.67. The third-order valence-electron chi connectivity index (χ3n) is 3.93. The van der Waals surface area contributed by atoms with Gasteiger partial charge >= 0.3 is 0 Å². The van der Waals surface area contributed by atoms with E-state index in [9.17, 15) is 0 Å². The van der Waals surface area contributed by atoms with Crippen LogP contribution in [0.1, 0.15) is 37.1 Å². The third kappa shape index (κ3) is 3.73. The van der Waals surface area contributed by atoms with Gasteiger partial charge in [0.2, 0.25) is 5.89 Å². The van der Waals surface area contributed by atoms with E-state index in [1.807, 2.05) is 18.4 Å². The standard InChI is InChI=1S/C16H22N2O2S/c1-12-15(17-16(20-12)13-6-9-21-11-13)10-18(14-4-5-14)7-2-3-8-19/h6,9,11,14,19H,2-5,7-8,10H2,1H3. The lowest BCUT2D eigenvalue weighted by Gasteiger charge is -2.20. The summed E-state index contributed by atoms with van der Waals surface area (Å²) in [6, 6.07) is 2.74. The molecule has 114 valence electrons. The van der Waals surface area contributed by atoms with Crippen LogP contribution >= 0.6 is 11.3 Å². The average Bonchev–Trinajstić information content (AvgIpc) is 3.05. The largest absolute Gasteiger partial charge is 0.441 e. The van der Waals surface area contributed by atoms with Crippen molar-refractivity contribution in [1.82, 2.24) is 9.88 Å². The zero-order chi connectivity index (χ0) is 14.7. The molecule has 0 bridgehead atoms. The molecule has 2 heterocycles. The molecule has 0 amide bonds. The summed E-state index contributed by atoms with van der Waals surface area (Å²) >= 11 is 1.66. The predicted molar refractivity (Wildman–Crippen MR) is 84.3 cm³/mol. The summed E-state index contributed by atoms with van der Waals surface area (Å²) in [6.45, 7) is 4.17. The van der Waals surface area contributed by atoms with Gasteiger partial charge in [-0.1, -0.05) is 0 Å². The number of aliphatic hydroxyl groups is 1. The van der Waals surface area contributed by atoms with Gasteiger partial charge in [0.05, 0.1) is 5.69 Å². The van der Waals surface area contributed by atoms with Gasteiger partial charge in [-0.05, 0) is 50.6 Å². The highest BCUT2D eigenvalue weighted by molar-refractivity contribution is 7.08. The molecule has 21 heavy (non-hydrogen) atoms. The molecule has 1 fully saturated rings. The van der Waals surface area contributed by atoms with E-state index >= 15 is 0 Å². The number of aryl methyl sites for hydroxylation is 1. The van der Waals surface area contributed by atoms with Crippen LogP contribution in [0.3, 0.4) is 0 Å². The van der Waals surface area contributed by atoms with E-state index in [-0.39, 0.29) is 6.61 Å². The Labute approximate surface area is 129 Å². The molecule has 2 aromatic rings. The van der Waals surface area contributed by atoms with Crippen molar-refractivity contribution in [3.05, 3.63) is 28.3 Å². The lowest BCUT2D eigenvalue weighted by atomic mass is 10.2. The normalized spacial score (nSPS) is 15.0. The van der Waals surface area contributed by atoms with Crippen LogP contribution in [0.5, 0.6) is 0 Å². The Balaban J connectivity index is 1.68. The lowest BCUT2D eigenvalue weighted by molar-refractivity contribution is 0.226. The fraction of sp³-hybridized carbons (Fsp3) is 0.562. The Morgan fingerprint density at radius 1 is 1.43 bits per heavy atom. The number of aliphatic hydroxyl groups excluding tert-OH is 1. The molecule has 0 aliphatic heterocycles. The van der Waals surface area contributed by atoms with Gasteiger partial charge in [-0.3, -0.25) is 4.90 Å². The fourth-order valence-electron chi connectivity index (χ4n) is 2.53. The molecule has 3 rings (SSSR count). The summed E-state index contributed by atoms with van der Waals surface area (Å²) in [5.74, 6) is 1.65. The zero-order valence-corrected chi connectivity index (χ0v) is 13.2. The van der Waals surface area contributed by atoms with E-state index in [0.29, 0.717) is 6.04 Å². The first kappa shape index (κ1) is 14.8. The summed E-state index contributed by atoms with van der Waals surface area (Å²) in [5, 5.41) is 13.0. The van der Waals surface area contributed by atoms with Crippen LogP contribution in [0.25, 0.3) is 11.5 Å². The number of unbranched alkanes of at least 4 members (excludes halogenated alkanes) is 1. The molecule has 2 aromatic heterocycles. The highest BCUT2D eigenvalue weighted by atomic mass is 32.1. The first-order chi connectivity index (χ1) is 10.3. The number of rotatable bonds is 8. The minimum atomic E-state index is 0.282. The first-order valence-corrected chi connectivity index (χ1v) is 8.56. The average molecular weight is 306 g/mol. The van der Waals surface area contributed by atoms with E-state index in [2.05, 4.69) is 15.3 Å². The van der Waals surface area contributed by atoms with Gasteiger partial charge in [-0.25, -0.2) is 4.98 Å². The van der Waals surface area contributed by atoms with Gasteiger partial charge in [-0.15, -0.1) is 0 Å². The Morgan fingerprint density at radius 2 is 2.29 bits per heavy atom. The summed E-state index contributed by atoms with van der Waals surface area (Å²) in [7, 11) is 0. The van der Waals surface area contributed by atoms with Gasteiger partial charge in [0.15, 0.2) is 0 Å². The third-order valence-corrected chi connectivity index (χ3v) is 4.61. The van der Waals surface area contributed by atoms with Crippen molar-refractivity contribution >= 4 is 11.3 Å². The van der Waals surface area contributed by atoms with Crippen molar-refractivity contribution in [2.24, 2.45) is 0 Å². The van der Waals surface area contributed by atoms with Crippen molar-refractivity contribution in [3.63, 3.8) is 0 Å². The minimum Gasteiger partial charge on any atom is -0.441 e. The van der Waals surface area contributed by atoms with Crippen LogP contribution in [0.4, 0.5) is 0 Å². The van der Waals surface area contributed by atoms with Crippen molar-refractivity contribution < 1.29 is 9.52 Å². The van der Waals surface area contributed by atoms with E-state index in [4.69, 9.17) is 9.52 Å². The molecular weight excluding hydrogens is 284 g/mol. The molecule has 1 aliphatic rings. The number of oxazole rings is 1. The summed E-state index contributed by atoms with van der Waals surface area (Å²) < 4.78 is 5.81. The van der Waals surface area contributed by atoms with Crippen LogP contribution in [-0.4, -0.2) is 34.2 Å². The van der Waals surface area contributed by atoms with Gasteiger partial charge < -0.3 is 9.52 Å². The minimum absolute atomic E-state index is 0.282. The lowest BCUT2D eigenvalue weighted by Crippen LogP contribution is -2.27. The topological polar surface area (TPSA) is 49.5 Å². The van der Waals surface area contributed by atoms with Gasteiger partial charge in [-0.2, -0.15) is 11.3 Å². The Morgan fingerprint density at radius 3 is 2.95 bits per heavy atom. The van der Waals surface area contributed by atoms with E-state index < -0.39 is 0 Å². The first-order valence-electron chi connectivity index (χ1n) is 7.61. The maximum atomic E-state index is 8.93. The van der Waals surface area contributed by atoms with E-state index in [1.54, 1.807) is 11.3 Å². The SMILES string of the molecule is Cc1oc(-c2ccsc2)nc1CN(CCCCO)C1CC1. The summed E-state index contributed by atoms with van der Waals surface area (Å²) in [5.41, 5.74) is 2.11. The van der Waals surface area contributed by atoms with Gasteiger partial charge in [0.25, 0.3) is 0 Å². The predicted octanol–water partition coefficient (Wildman–Crippen LogP) is 3.45. The second kappa shape index (κ2) is 6.73. The summed E-state index contributed by atoms with van der Waals surface area (Å²) in [6.07, 6.45) is 4.49. The zero-order valence-electron chi connectivity index (χ0n) is 12.4. The van der Waals surface area contributed by atoms with Crippen molar-refractivity contribution in [2.75, 3.05) is 13.2 Å². The molecule has 0 aromatic carbocycles. The molecule has 0 saturated heterocycles. The molecule has 1 saturated carbocycles. The molecule has 4 nitrogen and oxygen atoms in total. The quantitative estimate of drug-likeness (QED) is 0.759. The second-order valence-corrected chi connectivity index (χ2v) is 6.45. The maximum Gasteiger partial charge on any atom is 0.227 e. The summed E-state index contributed by atoms with van der Waals surface area (Å²) in [4.78, 5) is 7.16. The van der Waals surface area contributed by atoms with Gasteiger partial charge in [0, 0.05) is 30.1 Å². The Hall–Kier alpha value is -1.17. The molecule has 0 atom stereocenters. The maximum absolute atomic E-state index is 8.93. The number of aromatic nitrogens is 1. The van der Waals surface area contributed by atoms with Crippen LogP contribution in [0, 0.1) is 6.92 Å². The van der Waals surface area contributed by atoms with Gasteiger partial charge in [0.1, 0.15) is 5.76 Å². The van der Waals surface area contributed by atoms with Crippen LogP contribution in [0.15, 0.2) is 21.2 Å². The van der Waals surface area contributed by atoms with Crippen LogP contribution < -0.4 is 0 Å². The fourth-order valence-corrected chi connectivity index (χ4v) is 3.16. The molecule has 5 heteroatoms. The highest BCUT2D eigenvalue weighted by Gasteiger charge is 2.29. The molecular formula is C16H22N2O2S. The number of hydrogen-bond donors (Lipinski definition) is 1. The highest BCUT2D eigenvalue weighted by Crippen LogP contribution is 2.30.